The molecule has 0 saturated carbocycles. The van der Waals surface area contributed by atoms with E-state index >= 15 is 0 Å². The highest BCUT2D eigenvalue weighted by Crippen LogP contribution is 2.19. The summed E-state index contributed by atoms with van der Waals surface area (Å²) in [4.78, 5) is 0. The lowest BCUT2D eigenvalue weighted by Gasteiger charge is -2.18. The van der Waals surface area contributed by atoms with Gasteiger partial charge in [-0.05, 0) is 25.8 Å². The van der Waals surface area contributed by atoms with Crippen LogP contribution in [0.1, 0.15) is 36.1 Å². The third-order valence-electron chi connectivity index (χ3n) is 2.46. The molecule has 0 fully saturated rings. The predicted molar refractivity (Wildman–Crippen MR) is 66.4 cm³/mol. The van der Waals surface area contributed by atoms with Gasteiger partial charge in [-0.2, -0.15) is 0 Å². The Hall–Kier alpha value is -0.570. The summed E-state index contributed by atoms with van der Waals surface area (Å²) in [5.41, 5.74) is 9.35. The van der Waals surface area contributed by atoms with Crippen LogP contribution < -0.4 is 5.73 Å². The lowest BCUT2D eigenvalue weighted by molar-refractivity contribution is 0.140. The van der Waals surface area contributed by atoms with Gasteiger partial charge in [-0.1, -0.05) is 36.2 Å². The van der Waals surface area contributed by atoms with E-state index < -0.39 is 6.10 Å². The third-order valence-corrected chi connectivity index (χ3v) is 2.46. The van der Waals surface area contributed by atoms with E-state index in [0.29, 0.717) is 6.42 Å². The first-order chi connectivity index (χ1) is 6.54. The number of rotatable bonds is 3. The van der Waals surface area contributed by atoms with Crippen molar-refractivity contribution >= 4 is 12.4 Å². The van der Waals surface area contributed by atoms with Crippen molar-refractivity contribution in [1.29, 1.82) is 0 Å². The minimum absolute atomic E-state index is 0. The topological polar surface area (TPSA) is 46.2 Å². The van der Waals surface area contributed by atoms with Crippen LogP contribution in [0.4, 0.5) is 0 Å². The van der Waals surface area contributed by atoms with Crippen LogP contribution in [-0.2, 0) is 0 Å². The Morgan fingerprint density at radius 1 is 1.20 bits per heavy atom. The van der Waals surface area contributed by atoms with Crippen molar-refractivity contribution < 1.29 is 5.11 Å². The van der Waals surface area contributed by atoms with Gasteiger partial charge >= 0.3 is 0 Å². The maximum Gasteiger partial charge on any atom is 0.0730 e. The molecule has 2 atom stereocenters. The molecule has 0 heterocycles. The van der Waals surface area contributed by atoms with E-state index in [2.05, 4.69) is 6.07 Å². The standard InChI is InChI=1S/C12H19NO.ClH/c1-4-11(14)12(13)10-6-8(2)5-9(3)7-10;/h5-7,11-12,14H,4,13H2,1-3H3;1H/t11-,12+;/m0./s1. The molecular formula is C12H20ClNO. The van der Waals surface area contributed by atoms with Crippen molar-refractivity contribution in [2.24, 2.45) is 5.73 Å². The number of nitrogens with two attached hydrogens (primary N) is 1. The molecule has 1 rings (SSSR count). The Labute approximate surface area is 97.9 Å². The average Bonchev–Trinajstić information content (AvgIpc) is 2.14. The van der Waals surface area contributed by atoms with E-state index in [1.165, 1.54) is 11.1 Å². The number of aliphatic hydroxyl groups excluding tert-OH is 1. The number of halogens is 1. The summed E-state index contributed by atoms with van der Waals surface area (Å²) in [6.07, 6.45) is 0.241. The van der Waals surface area contributed by atoms with Gasteiger partial charge in [0.1, 0.15) is 0 Å². The van der Waals surface area contributed by atoms with Gasteiger partial charge in [0, 0.05) is 0 Å². The Bertz CT molecular complexity index is 294. The summed E-state index contributed by atoms with van der Waals surface area (Å²) >= 11 is 0. The van der Waals surface area contributed by atoms with Gasteiger partial charge in [0.15, 0.2) is 0 Å². The molecule has 2 nitrogen and oxygen atoms in total. The molecule has 0 aliphatic carbocycles. The molecule has 0 spiro atoms. The fraction of sp³-hybridized carbons (Fsp3) is 0.500. The molecule has 0 saturated heterocycles. The fourth-order valence-corrected chi connectivity index (χ4v) is 1.68. The van der Waals surface area contributed by atoms with Gasteiger partial charge in [-0.15, -0.1) is 12.4 Å². The summed E-state index contributed by atoms with van der Waals surface area (Å²) in [6, 6.07) is 5.92. The van der Waals surface area contributed by atoms with Gasteiger partial charge in [0.25, 0.3) is 0 Å². The number of aryl methyl sites for hydroxylation is 2. The van der Waals surface area contributed by atoms with E-state index in [0.717, 1.165) is 5.56 Å². The molecule has 0 bridgehead atoms. The van der Waals surface area contributed by atoms with Crippen LogP contribution in [0.15, 0.2) is 18.2 Å². The predicted octanol–water partition coefficient (Wildman–Crippen LogP) is 2.50. The van der Waals surface area contributed by atoms with E-state index in [1.807, 2.05) is 32.9 Å². The summed E-state index contributed by atoms with van der Waals surface area (Å²) in [6.45, 7) is 6.02. The minimum atomic E-state index is -0.448. The first-order valence-electron chi connectivity index (χ1n) is 5.06. The van der Waals surface area contributed by atoms with Crippen molar-refractivity contribution in [3.63, 3.8) is 0 Å². The first kappa shape index (κ1) is 14.4. The lowest BCUT2D eigenvalue weighted by atomic mass is 9.97. The Morgan fingerprint density at radius 2 is 1.67 bits per heavy atom. The Kier molecular flexibility index (Phi) is 5.88. The number of benzene rings is 1. The van der Waals surface area contributed by atoms with E-state index in [-0.39, 0.29) is 18.4 Å². The molecule has 1 aromatic carbocycles. The SMILES string of the molecule is CC[C@H](O)[C@H](N)c1cc(C)cc(C)c1.Cl. The van der Waals surface area contributed by atoms with Gasteiger partial charge in [-0.3, -0.25) is 0 Å². The normalized spacial score (nSPS) is 14.2. The van der Waals surface area contributed by atoms with Crippen molar-refractivity contribution in [3.05, 3.63) is 34.9 Å². The monoisotopic (exact) mass is 229 g/mol. The van der Waals surface area contributed by atoms with Gasteiger partial charge < -0.3 is 10.8 Å². The van der Waals surface area contributed by atoms with Crippen LogP contribution in [0.25, 0.3) is 0 Å². The zero-order chi connectivity index (χ0) is 10.7. The van der Waals surface area contributed by atoms with E-state index in [4.69, 9.17) is 5.73 Å². The van der Waals surface area contributed by atoms with Gasteiger partial charge in [0.05, 0.1) is 12.1 Å². The molecule has 15 heavy (non-hydrogen) atoms. The molecule has 0 aliphatic heterocycles. The number of aliphatic hydroxyl groups is 1. The average molecular weight is 230 g/mol. The van der Waals surface area contributed by atoms with Crippen molar-refractivity contribution in [1.82, 2.24) is 0 Å². The summed E-state index contributed by atoms with van der Waals surface area (Å²) in [5, 5.41) is 9.64. The second kappa shape index (κ2) is 6.11. The molecule has 0 radical (unpaired) electrons. The maximum absolute atomic E-state index is 9.64. The van der Waals surface area contributed by atoms with Crippen LogP contribution in [0.3, 0.4) is 0 Å². The number of hydrogen-bond donors (Lipinski definition) is 2. The van der Waals surface area contributed by atoms with Crippen LogP contribution in [-0.4, -0.2) is 11.2 Å². The van der Waals surface area contributed by atoms with Crippen LogP contribution in [0, 0.1) is 13.8 Å². The van der Waals surface area contributed by atoms with Gasteiger partial charge in [0.2, 0.25) is 0 Å². The zero-order valence-electron chi connectivity index (χ0n) is 9.53. The van der Waals surface area contributed by atoms with Gasteiger partial charge in [-0.25, -0.2) is 0 Å². The zero-order valence-corrected chi connectivity index (χ0v) is 10.3. The van der Waals surface area contributed by atoms with E-state index in [9.17, 15) is 5.11 Å². The highest BCUT2D eigenvalue weighted by molar-refractivity contribution is 5.85. The van der Waals surface area contributed by atoms with Crippen molar-refractivity contribution in [2.75, 3.05) is 0 Å². The molecule has 3 heteroatoms. The maximum atomic E-state index is 9.64. The third kappa shape index (κ3) is 3.82. The summed E-state index contributed by atoms with van der Waals surface area (Å²) < 4.78 is 0. The minimum Gasteiger partial charge on any atom is -0.391 e. The van der Waals surface area contributed by atoms with Crippen molar-refractivity contribution in [2.45, 2.75) is 39.3 Å². The first-order valence-corrected chi connectivity index (χ1v) is 5.06. The summed E-state index contributed by atoms with van der Waals surface area (Å²) in [5.74, 6) is 0. The summed E-state index contributed by atoms with van der Waals surface area (Å²) in [7, 11) is 0. The fourth-order valence-electron chi connectivity index (χ4n) is 1.68. The van der Waals surface area contributed by atoms with Crippen LogP contribution in [0.2, 0.25) is 0 Å². The highest BCUT2D eigenvalue weighted by Gasteiger charge is 2.14. The Balaban J connectivity index is 0.00000196. The van der Waals surface area contributed by atoms with E-state index in [1.54, 1.807) is 0 Å². The molecule has 0 unspecified atom stereocenters. The molecule has 0 aromatic heterocycles. The molecule has 1 aromatic rings. The van der Waals surface area contributed by atoms with Crippen molar-refractivity contribution in [3.8, 4) is 0 Å². The molecule has 86 valence electrons. The highest BCUT2D eigenvalue weighted by atomic mass is 35.5. The molecule has 0 aliphatic rings. The Morgan fingerprint density at radius 3 is 2.07 bits per heavy atom. The molecular weight excluding hydrogens is 210 g/mol. The lowest BCUT2D eigenvalue weighted by Crippen LogP contribution is -2.25. The van der Waals surface area contributed by atoms with Crippen LogP contribution >= 0.6 is 12.4 Å². The molecule has 3 N–H and O–H groups in total. The second-order valence-corrected chi connectivity index (χ2v) is 3.92. The van der Waals surface area contributed by atoms with Crippen LogP contribution in [0.5, 0.6) is 0 Å². The quantitative estimate of drug-likeness (QED) is 0.837. The largest absolute Gasteiger partial charge is 0.391 e. The number of hydrogen-bond acceptors (Lipinski definition) is 2. The smallest absolute Gasteiger partial charge is 0.0730 e. The molecule has 0 amide bonds. The second-order valence-electron chi connectivity index (χ2n) is 3.92.